The molecular formula is C9H7ClN2O3. The summed E-state index contributed by atoms with van der Waals surface area (Å²) in [5.74, 6) is 1.09. The number of nitrogens with zero attached hydrogens (tertiary/aromatic N) is 1. The van der Waals surface area contributed by atoms with Crippen LogP contribution in [0.5, 0.6) is 0 Å². The van der Waals surface area contributed by atoms with Gasteiger partial charge in [-0.05, 0) is 12.1 Å². The van der Waals surface area contributed by atoms with Crippen LogP contribution in [-0.4, -0.2) is 22.7 Å². The largest absolute Gasteiger partial charge is 0.478 e. The quantitative estimate of drug-likeness (QED) is 0.352. The minimum atomic E-state index is -1.13. The van der Waals surface area contributed by atoms with Gasteiger partial charge in [-0.15, -0.1) is 6.42 Å². The van der Waals surface area contributed by atoms with Crippen LogP contribution in [-0.2, 0) is 4.84 Å². The summed E-state index contributed by atoms with van der Waals surface area (Å²) >= 11 is 5.59. The minimum Gasteiger partial charge on any atom is -0.478 e. The van der Waals surface area contributed by atoms with E-state index in [1.807, 2.05) is 0 Å². The highest BCUT2D eigenvalue weighted by Crippen LogP contribution is 2.16. The molecular weight excluding hydrogens is 220 g/mol. The van der Waals surface area contributed by atoms with Crippen LogP contribution >= 0.6 is 11.6 Å². The van der Waals surface area contributed by atoms with Crippen molar-refractivity contribution in [3.8, 4) is 12.3 Å². The van der Waals surface area contributed by atoms with Gasteiger partial charge in [0, 0.05) is 0 Å². The van der Waals surface area contributed by atoms with Crippen molar-refractivity contribution >= 4 is 23.4 Å². The van der Waals surface area contributed by atoms with Crippen LogP contribution in [0.1, 0.15) is 10.4 Å². The van der Waals surface area contributed by atoms with Crippen molar-refractivity contribution in [1.29, 1.82) is 0 Å². The lowest BCUT2D eigenvalue weighted by Gasteiger charge is -2.06. The number of halogens is 1. The van der Waals surface area contributed by atoms with Gasteiger partial charge in [-0.3, -0.25) is 4.84 Å². The second-order valence-corrected chi connectivity index (χ2v) is 2.82. The first kappa shape index (κ1) is 11.3. The lowest BCUT2D eigenvalue weighted by Crippen LogP contribution is -2.09. The Hall–Kier alpha value is -1.77. The standard InChI is InChI=1S/C9H7ClN2O3/c1-2-5-15-12-8-6(9(13)14)3-4-7(10)11-8/h1,3-4H,5H2,(H,11,12)(H,13,14). The number of carboxylic acids is 1. The number of hydrogen-bond donors (Lipinski definition) is 2. The fourth-order valence-electron chi connectivity index (χ4n) is 0.832. The van der Waals surface area contributed by atoms with Crippen LogP contribution in [0.2, 0.25) is 5.15 Å². The molecule has 0 radical (unpaired) electrons. The molecule has 15 heavy (non-hydrogen) atoms. The summed E-state index contributed by atoms with van der Waals surface area (Å²) in [6.45, 7) is -0.00669. The molecule has 2 N–H and O–H groups in total. The molecule has 0 unspecified atom stereocenters. The SMILES string of the molecule is C#CCONc1nc(Cl)ccc1C(=O)O. The van der Waals surface area contributed by atoms with Crippen LogP contribution in [0.3, 0.4) is 0 Å². The molecule has 0 atom stereocenters. The van der Waals surface area contributed by atoms with Crippen molar-refractivity contribution in [3.05, 3.63) is 22.8 Å². The maximum atomic E-state index is 10.7. The topological polar surface area (TPSA) is 71.5 Å². The highest BCUT2D eigenvalue weighted by Gasteiger charge is 2.11. The van der Waals surface area contributed by atoms with Crippen LogP contribution < -0.4 is 5.48 Å². The van der Waals surface area contributed by atoms with E-state index < -0.39 is 5.97 Å². The molecule has 1 aromatic rings. The number of carbonyl (C=O) groups is 1. The monoisotopic (exact) mass is 226 g/mol. The predicted molar refractivity (Wildman–Crippen MR) is 54.6 cm³/mol. The first-order chi connectivity index (χ1) is 7.15. The number of aromatic nitrogens is 1. The summed E-state index contributed by atoms with van der Waals surface area (Å²) in [4.78, 5) is 19.2. The van der Waals surface area contributed by atoms with Gasteiger partial charge in [-0.2, -0.15) is 0 Å². The Morgan fingerprint density at radius 3 is 3.07 bits per heavy atom. The first-order valence-corrected chi connectivity index (χ1v) is 4.24. The first-order valence-electron chi connectivity index (χ1n) is 3.86. The summed E-state index contributed by atoms with van der Waals surface area (Å²) < 4.78 is 0. The zero-order valence-electron chi connectivity index (χ0n) is 7.53. The van der Waals surface area contributed by atoms with Crippen LogP contribution in [0.25, 0.3) is 0 Å². The van der Waals surface area contributed by atoms with E-state index >= 15 is 0 Å². The molecule has 0 aliphatic heterocycles. The lowest BCUT2D eigenvalue weighted by molar-refractivity contribution is 0.0696. The maximum absolute atomic E-state index is 10.7. The average Bonchev–Trinajstić information content (AvgIpc) is 2.18. The molecule has 0 aliphatic carbocycles. The van der Waals surface area contributed by atoms with Gasteiger partial charge in [0.25, 0.3) is 0 Å². The van der Waals surface area contributed by atoms with Crippen LogP contribution in [0.15, 0.2) is 12.1 Å². The molecule has 0 bridgehead atoms. The fraction of sp³-hybridized carbons (Fsp3) is 0.111. The number of carboxylic acid groups (broad SMARTS) is 1. The number of aromatic carboxylic acids is 1. The molecule has 0 fully saturated rings. The molecule has 0 amide bonds. The summed E-state index contributed by atoms with van der Waals surface area (Å²) in [6, 6.07) is 2.69. The van der Waals surface area contributed by atoms with E-state index in [1.165, 1.54) is 12.1 Å². The molecule has 0 aromatic carbocycles. The average molecular weight is 227 g/mol. The predicted octanol–water partition coefficient (Wildman–Crippen LogP) is 1.41. The highest BCUT2D eigenvalue weighted by molar-refractivity contribution is 6.29. The minimum absolute atomic E-state index is 0.00669. The van der Waals surface area contributed by atoms with Gasteiger partial charge in [-0.1, -0.05) is 17.5 Å². The molecule has 0 saturated carbocycles. The Balaban J connectivity index is 2.88. The summed E-state index contributed by atoms with van der Waals surface area (Å²) in [5, 5.41) is 8.95. The lowest BCUT2D eigenvalue weighted by atomic mass is 10.2. The summed E-state index contributed by atoms with van der Waals surface area (Å²) in [5.41, 5.74) is 2.27. The Bertz CT molecular complexity index is 414. The molecule has 6 heteroatoms. The molecule has 1 heterocycles. The molecule has 1 aromatic heterocycles. The van der Waals surface area contributed by atoms with Crippen molar-refractivity contribution in [1.82, 2.24) is 4.98 Å². The van der Waals surface area contributed by atoms with Gasteiger partial charge in [0.1, 0.15) is 17.3 Å². The van der Waals surface area contributed by atoms with E-state index in [1.54, 1.807) is 0 Å². The van der Waals surface area contributed by atoms with Crippen molar-refractivity contribution < 1.29 is 14.7 Å². The number of nitrogens with one attached hydrogen (secondary N) is 1. The van der Waals surface area contributed by atoms with Crippen LogP contribution in [0.4, 0.5) is 5.82 Å². The van der Waals surface area contributed by atoms with E-state index in [0.717, 1.165) is 0 Å². The van der Waals surface area contributed by atoms with Gasteiger partial charge in [0.05, 0.1) is 0 Å². The van der Waals surface area contributed by atoms with Crippen molar-refractivity contribution in [2.75, 3.05) is 12.1 Å². The fourth-order valence-corrected chi connectivity index (χ4v) is 0.979. The molecule has 1 rings (SSSR count). The molecule has 0 aliphatic rings. The second-order valence-electron chi connectivity index (χ2n) is 2.43. The zero-order valence-corrected chi connectivity index (χ0v) is 8.28. The second kappa shape index (κ2) is 5.20. The molecule has 78 valence electrons. The Kier molecular flexibility index (Phi) is 3.92. The van der Waals surface area contributed by atoms with Gasteiger partial charge < -0.3 is 5.11 Å². The summed E-state index contributed by atoms with van der Waals surface area (Å²) in [7, 11) is 0. The maximum Gasteiger partial charge on any atom is 0.339 e. The van der Waals surface area contributed by atoms with E-state index in [4.69, 9.17) is 28.0 Å². The Morgan fingerprint density at radius 2 is 2.47 bits per heavy atom. The van der Waals surface area contributed by atoms with Gasteiger partial charge in [-0.25, -0.2) is 15.3 Å². The third kappa shape index (κ3) is 3.13. The van der Waals surface area contributed by atoms with Crippen LogP contribution in [0, 0.1) is 12.3 Å². The number of hydrogen-bond acceptors (Lipinski definition) is 4. The van der Waals surface area contributed by atoms with Crippen molar-refractivity contribution in [2.24, 2.45) is 0 Å². The highest BCUT2D eigenvalue weighted by atomic mass is 35.5. The third-order valence-electron chi connectivity index (χ3n) is 1.42. The van der Waals surface area contributed by atoms with E-state index in [9.17, 15) is 4.79 Å². The molecule has 0 spiro atoms. The number of rotatable bonds is 4. The Labute approximate surface area is 91.0 Å². The van der Waals surface area contributed by atoms with Gasteiger partial charge in [0.2, 0.25) is 0 Å². The number of pyridine rings is 1. The van der Waals surface area contributed by atoms with E-state index in [2.05, 4.69) is 16.4 Å². The smallest absolute Gasteiger partial charge is 0.339 e. The summed E-state index contributed by atoms with van der Waals surface area (Å²) in [6.07, 6.45) is 4.94. The third-order valence-corrected chi connectivity index (χ3v) is 1.63. The van der Waals surface area contributed by atoms with Gasteiger partial charge in [0.15, 0.2) is 5.82 Å². The number of anilines is 1. The normalized spacial score (nSPS) is 9.33. The van der Waals surface area contributed by atoms with Gasteiger partial charge >= 0.3 is 5.97 Å². The Morgan fingerprint density at radius 1 is 1.73 bits per heavy atom. The number of terminal acetylenes is 1. The zero-order chi connectivity index (χ0) is 11.3. The van der Waals surface area contributed by atoms with E-state index in [-0.39, 0.29) is 23.1 Å². The van der Waals surface area contributed by atoms with Crippen molar-refractivity contribution in [3.63, 3.8) is 0 Å². The van der Waals surface area contributed by atoms with Crippen molar-refractivity contribution in [2.45, 2.75) is 0 Å². The molecule has 0 saturated heterocycles. The van der Waals surface area contributed by atoms with E-state index in [0.29, 0.717) is 0 Å². The molecule has 5 nitrogen and oxygen atoms in total.